The van der Waals surface area contributed by atoms with Crippen LogP contribution in [0, 0.1) is 7.05 Å². The van der Waals surface area contributed by atoms with Gasteiger partial charge in [-0.2, -0.15) is 0 Å². The monoisotopic (exact) mass is 362 g/mol. The molecule has 2 radical (unpaired) electrons. The first-order valence-corrected chi connectivity index (χ1v) is 8.97. The average molecular weight is 362 g/mol. The van der Waals surface area contributed by atoms with Crippen LogP contribution in [-0.2, 0) is 12.0 Å². The van der Waals surface area contributed by atoms with Crippen LogP contribution >= 0.6 is 0 Å². The van der Waals surface area contributed by atoms with Gasteiger partial charge in [-0.1, -0.05) is 39.0 Å². The molecule has 3 rings (SSSR count). The van der Waals surface area contributed by atoms with Gasteiger partial charge in [0.25, 0.3) is 0 Å². The van der Waals surface area contributed by atoms with E-state index in [0.717, 1.165) is 27.7 Å². The number of hydrogen-bond donors (Lipinski definition) is 1. The molecule has 0 amide bonds. The summed E-state index contributed by atoms with van der Waals surface area (Å²) in [6, 6.07) is 14.5. The molecule has 140 valence electrons. The van der Waals surface area contributed by atoms with Gasteiger partial charge in [0.05, 0.1) is 25.6 Å². The first-order valence-electron chi connectivity index (χ1n) is 8.97. The highest BCUT2D eigenvalue weighted by Gasteiger charge is 2.16. The van der Waals surface area contributed by atoms with Crippen LogP contribution in [0.2, 0.25) is 0 Å². The van der Waals surface area contributed by atoms with Gasteiger partial charge in [0.15, 0.2) is 11.5 Å². The maximum Gasteiger partial charge on any atom is 0.161 e. The van der Waals surface area contributed by atoms with Crippen molar-refractivity contribution >= 4 is 10.8 Å². The molecular weight excluding hydrogens is 336 g/mol. The lowest BCUT2D eigenvalue weighted by molar-refractivity contribution is 0.356. The van der Waals surface area contributed by atoms with Crippen LogP contribution in [0.15, 0.2) is 42.5 Å². The van der Waals surface area contributed by atoms with E-state index in [1.807, 2.05) is 12.1 Å². The number of nitrogens with zero attached hydrogens (tertiary/aromatic N) is 1. The summed E-state index contributed by atoms with van der Waals surface area (Å²) >= 11 is 0. The van der Waals surface area contributed by atoms with E-state index < -0.39 is 0 Å². The maximum atomic E-state index is 5.60. The van der Waals surface area contributed by atoms with Crippen LogP contribution < -0.4 is 14.8 Å². The Hall–Kier alpha value is -2.59. The van der Waals surface area contributed by atoms with E-state index in [9.17, 15) is 0 Å². The third-order valence-corrected chi connectivity index (χ3v) is 4.71. The fourth-order valence-electron chi connectivity index (χ4n) is 3.17. The lowest BCUT2D eigenvalue weighted by Crippen LogP contribution is -2.11. The highest BCUT2D eigenvalue weighted by atomic mass is 16.5. The van der Waals surface area contributed by atoms with Gasteiger partial charge in [-0.05, 0) is 40.6 Å². The zero-order valence-corrected chi connectivity index (χ0v) is 16.6. The zero-order chi connectivity index (χ0) is 19.6. The summed E-state index contributed by atoms with van der Waals surface area (Å²) in [4.78, 5) is 4.88. The van der Waals surface area contributed by atoms with Crippen LogP contribution in [0.1, 0.15) is 32.0 Å². The Bertz CT molecular complexity index is 958. The van der Waals surface area contributed by atoms with Crippen molar-refractivity contribution in [3.05, 3.63) is 60.8 Å². The summed E-state index contributed by atoms with van der Waals surface area (Å²) in [5.74, 6) is 1.37. The summed E-state index contributed by atoms with van der Waals surface area (Å²) in [6.07, 6.45) is 0. The average Bonchev–Trinajstić information content (AvgIpc) is 2.66. The van der Waals surface area contributed by atoms with E-state index in [1.165, 1.54) is 5.56 Å². The molecule has 2 aromatic carbocycles. The molecule has 0 saturated heterocycles. The van der Waals surface area contributed by atoms with Gasteiger partial charge in [-0.15, -0.1) is 0 Å². The highest BCUT2D eigenvalue weighted by molar-refractivity contribution is 5.90. The summed E-state index contributed by atoms with van der Waals surface area (Å²) in [6.45, 7) is 7.08. The highest BCUT2D eigenvalue weighted by Crippen LogP contribution is 2.35. The molecule has 1 heterocycles. The van der Waals surface area contributed by atoms with E-state index in [2.05, 4.69) is 56.4 Å². The minimum absolute atomic E-state index is 0.0745. The molecule has 27 heavy (non-hydrogen) atoms. The van der Waals surface area contributed by atoms with Gasteiger partial charge in [0.1, 0.15) is 0 Å². The van der Waals surface area contributed by atoms with Crippen molar-refractivity contribution in [2.24, 2.45) is 0 Å². The van der Waals surface area contributed by atoms with E-state index >= 15 is 0 Å². The Labute approximate surface area is 161 Å². The minimum Gasteiger partial charge on any atom is -0.493 e. The summed E-state index contributed by atoms with van der Waals surface area (Å²) in [7, 11) is 8.87. The van der Waals surface area contributed by atoms with Crippen LogP contribution in [-0.4, -0.2) is 19.2 Å². The molecule has 4 heteroatoms. The molecule has 0 unspecified atom stereocenters. The minimum atomic E-state index is 0.0745. The second-order valence-electron chi connectivity index (χ2n) is 7.59. The summed E-state index contributed by atoms with van der Waals surface area (Å²) < 4.78 is 10.9. The molecule has 0 saturated carbocycles. The summed E-state index contributed by atoms with van der Waals surface area (Å²) in [5, 5.41) is 4.74. The number of rotatable bonds is 5. The number of methoxy groups -OCH3 is 2. The second-order valence-corrected chi connectivity index (χ2v) is 7.59. The van der Waals surface area contributed by atoms with Crippen LogP contribution in [0.3, 0.4) is 0 Å². The molecule has 0 atom stereocenters. The van der Waals surface area contributed by atoms with Crippen LogP contribution in [0.5, 0.6) is 11.5 Å². The molecule has 0 aliphatic rings. The summed E-state index contributed by atoms with van der Waals surface area (Å²) in [5.41, 5.74) is 4.20. The van der Waals surface area contributed by atoms with E-state index in [1.54, 1.807) is 14.2 Å². The molecule has 1 N–H and O–H groups in total. The quantitative estimate of drug-likeness (QED) is 0.651. The fraction of sp³-hybridized carbons (Fsp3) is 0.304. The molecule has 4 nitrogen and oxygen atoms in total. The van der Waals surface area contributed by atoms with Gasteiger partial charge in [-0.3, -0.25) is 4.98 Å². The Kier molecular flexibility index (Phi) is 5.38. The van der Waals surface area contributed by atoms with Crippen molar-refractivity contribution in [1.29, 1.82) is 0 Å². The molecule has 0 fully saturated rings. The molecule has 0 aliphatic carbocycles. The van der Waals surface area contributed by atoms with E-state index in [-0.39, 0.29) is 5.41 Å². The van der Waals surface area contributed by atoms with Crippen molar-refractivity contribution in [2.75, 3.05) is 14.2 Å². The number of ether oxygens (including phenoxy) is 2. The Balaban J connectivity index is 2.22. The van der Waals surface area contributed by atoms with Crippen molar-refractivity contribution in [1.82, 2.24) is 10.3 Å². The van der Waals surface area contributed by atoms with Crippen molar-refractivity contribution in [3.8, 4) is 22.8 Å². The molecule has 0 spiro atoms. The number of pyridine rings is 1. The van der Waals surface area contributed by atoms with Gasteiger partial charge in [0, 0.05) is 24.5 Å². The SMILES string of the molecule is [CH]NCc1nc(-c2cccc(C(C)(C)C)c2)cc2cc(OC)c(OC)cc12. The largest absolute Gasteiger partial charge is 0.493 e. The van der Waals surface area contributed by atoms with Crippen molar-refractivity contribution < 1.29 is 9.47 Å². The third kappa shape index (κ3) is 3.91. The lowest BCUT2D eigenvalue weighted by atomic mass is 9.86. The van der Waals surface area contributed by atoms with Crippen molar-refractivity contribution in [2.45, 2.75) is 32.7 Å². The molecule has 0 bridgehead atoms. The number of aromatic nitrogens is 1. The van der Waals surface area contributed by atoms with Gasteiger partial charge in [0.2, 0.25) is 0 Å². The number of hydrogen-bond acceptors (Lipinski definition) is 4. The Morgan fingerprint density at radius 1 is 1.00 bits per heavy atom. The van der Waals surface area contributed by atoms with Gasteiger partial charge < -0.3 is 14.8 Å². The zero-order valence-electron chi connectivity index (χ0n) is 16.6. The Morgan fingerprint density at radius 3 is 2.33 bits per heavy atom. The van der Waals surface area contributed by atoms with E-state index in [4.69, 9.17) is 21.5 Å². The number of fused-ring (bicyclic) bond motifs is 1. The normalized spacial score (nSPS) is 11.6. The van der Waals surface area contributed by atoms with Crippen molar-refractivity contribution in [3.63, 3.8) is 0 Å². The van der Waals surface area contributed by atoms with E-state index in [0.29, 0.717) is 18.0 Å². The predicted molar refractivity (Wildman–Crippen MR) is 110 cm³/mol. The van der Waals surface area contributed by atoms with Crippen LogP contribution in [0.25, 0.3) is 22.0 Å². The maximum absolute atomic E-state index is 5.60. The van der Waals surface area contributed by atoms with Crippen LogP contribution in [0.4, 0.5) is 0 Å². The standard InChI is InChI=1S/C23H26N2O2/c1-23(2,3)17-9-7-8-15(10-17)19-11-16-12-21(26-5)22(27-6)13-18(16)20(25-19)14-24-4/h4,7-13,24H,14H2,1-3,5-6H3. The number of nitrogens with one attached hydrogen (secondary N) is 1. The third-order valence-electron chi connectivity index (χ3n) is 4.71. The van der Waals surface area contributed by atoms with Gasteiger partial charge in [-0.25, -0.2) is 0 Å². The Morgan fingerprint density at radius 2 is 1.70 bits per heavy atom. The topological polar surface area (TPSA) is 43.4 Å². The fourth-order valence-corrected chi connectivity index (χ4v) is 3.17. The second kappa shape index (κ2) is 7.57. The predicted octanol–water partition coefficient (Wildman–Crippen LogP) is 4.97. The van der Waals surface area contributed by atoms with Gasteiger partial charge >= 0.3 is 0 Å². The number of benzene rings is 2. The smallest absolute Gasteiger partial charge is 0.161 e. The molecule has 0 aliphatic heterocycles. The molecule has 1 aromatic heterocycles. The molecular formula is C23H26N2O2. The first kappa shape index (κ1) is 19.2. The first-order chi connectivity index (χ1) is 12.9. The lowest BCUT2D eigenvalue weighted by Gasteiger charge is -2.20. The molecule has 3 aromatic rings.